The molecule has 0 aromatic heterocycles. The zero-order chi connectivity index (χ0) is 23.7. The maximum Gasteiger partial charge on any atom is 0.262 e. The molecule has 6 nitrogen and oxygen atoms in total. The largest absolute Gasteiger partial charge is 0.484 e. The van der Waals surface area contributed by atoms with Crippen LogP contribution in [0, 0.1) is 6.92 Å². The van der Waals surface area contributed by atoms with Crippen molar-refractivity contribution in [3.63, 3.8) is 0 Å². The number of nitrogens with one attached hydrogen (secondary N) is 2. The van der Waals surface area contributed by atoms with Crippen LogP contribution in [0.3, 0.4) is 0 Å². The molecule has 1 heterocycles. The van der Waals surface area contributed by atoms with Gasteiger partial charge in [-0.05, 0) is 62.4 Å². The standard InChI is InChI=1S/C28H28N2O4/c1-17-11-13-19(14-12-17)29-25(33)16-34-20-6-2-5-18(15-20)26-27-21(7-3-9-23(27)31)30-22-8-4-10-24(32)28(22)26/h2,5-6,11-15,26,30H,3-4,7-10,16H2,1H3,(H,29,33). The van der Waals surface area contributed by atoms with Crippen molar-refractivity contribution in [2.45, 2.75) is 51.4 Å². The topological polar surface area (TPSA) is 84.5 Å². The lowest BCUT2D eigenvalue weighted by atomic mass is 9.71. The summed E-state index contributed by atoms with van der Waals surface area (Å²) in [6.45, 7) is 1.85. The normalized spacial score (nSPS) is 18.3. The van der Waals surface area contributed by atoms with Crippen molar-refractivity contribution in [3.05, 3.63) is 82.2 Å². The van der Waals surface area contributed by atoms with E-state index in [1.54, 1.807) is 6.07 Å². The summed E-state index contributed by atoms with van der Waals surface area (Å²) in [4.78, 5) is 38.3. The number of amides is 1. The highest BCUT2D eigenvalue weighted by Crippen LogP contribution is 2.45. The summed E-state index contributed by atoms with van der Waals surface area (Å²) in [7, 11) is 0. The van der Waals surface area contributed by atoms with Crippen molar-refractivity contribution in [3.8, 4) is 5.75 Å². The Morgan fingerprint density at radius 3 is 2.24 bits per heavy atom. The quantitative estimate of drug-likeness (QED) is 0.681. The number of aryl methyl sites for hydroxylation is 1. The van der Waals surface area contributed by atoms with E-state index in [4.69, 9.17) is 4.74 Å². The second kappa shape index (κ2) is 9.29. The van der Waals surface area contributed by atoms with Crippen molar-refractivity contribution >= 4 is 23.2 Å². The van der Waals surface area contributed by atoms with Gasteiger partial charge < -0.3 is 15.4 Å². The molecule has 0 saturated heterocycles. The minimum atomic E-state index is -0.378. The lowest BCUT2D eigenvalue weighted by Crippen LogP contribution is -2.36. The smallest absolute Gasteiger partial charge is 0.262 e. The Hall–Kier alpha value is -3.67. The van der Waals surface area contributed by atoms with Gasteiger partial charge in [0, 0.05) is 47.0 Å². The Kier molecular flexibility index (Phi) is 6.05. The molecular formula is C28H28N2O4. The van der Waals surface area contributed by atoms with Gasteiger partial charge >= 0.3 is 0 Å². The van der Waals surface area contributed by atoms with E-state index in [1.807, 2.05) is 49.4 Å². The summed E-state index contributed by atoms with van der Waals surface area (Å²) in [6.07, 6.45) is 4.29. The molecular weight excluding hydrogens is 428 g/mol. The third kappa shape index (κ3) is 4.40. The summed E-state index contributed by atoms with van der Waals surface area (Å²) in [5.41, 5.74) is 6.03. The van der Waals surface area contributed by atoms with Crippen molar-refractivity contribution in [1.82, 2.24) is 5.32 Å². The van der Waals surface area contributed by atoms with E-state index in [0.717, 1.165) is 59.4 Å². The average molecular weight is 457 g/mol. The molecule has 2 aliphatic carbocycles. The van der Waals surface area contributed by atoms with Crippen molar-refractivity contribution in [2.24, 2.45) is 0 Å². The van der Waals surface area contributed by atoms with E-state index < -0.39 is 0 Å². The molecule has 0 saturated carbocycles. The van der Waals surface area contributed by atoms with Crippen LogP contribution in [0.1, 0.15) is 55.6 Å². The number of allylic oxidation sites excluding steroid dienone is 4. The van der Waals surface area contributed by atoms with Crippen LogP contribution < -0.4 is 15.4 Å². The maximum atomic E-state index is 13.0. The fraction of sp³-hybridized carbons (Fsp3) is 0.321. The summed E-state index contributed by atoms with van der Waals surface area (Å²) < 4.78 is 5.79. The monoisotopic (exact) mass is 456 g/mol. The number of carbonyl (C=O) groups excluding carboxylic acids is 3. The van der Waals surface area contributed by atoms with Crippen molar-refractivity contribution in [1.29, 1.82) is 0 Å². The maximum absolute atomic E-state index is 13.0. The van der Waals surface area contributed by atoms with E-state index in [2.05, 4.69) is 10.6 Å². The van der Waals surface area contributed by atoms with Gasteiger partial charge in [0.05, 0.1) is 0 Å². The van der Waals surface area contributed by atoms with Gasteiger partial charge in [-0.15, -0.1) is 0 Å². The van der Waals surface area contributed by atoms with Crippen LogP contribution >= 0.6 is 0 Å². The van der Waals surface area contributed by atoms with Crippen LogP contribution in [-0.4, -0.2) is 24.1 Å². The predicted molar refractivity (Wildman–Crippen MR) is 129 cm³/mol. The predicted octanol–water partition coefficient (Wildman–Crippen LogP) is 4.71. The zero-order valence-corrected chi connectivity index (χ0v) is 19.3. The minimum Gasteiger partial charge on any atom is -0.484 e. The second-order valence-electron chi connectivity index (χ2n) is 9.17. The van der Waals surface area contributed by atoms with Gasteiger partial charge in [0.15, 0.2) is 18.2 Å². The number of anilines is 1. The molecule has 2 N–H and O–H groups in total. The number of ether oxygens (including phenoxy) is 1. The van der Waals surface area contributed by atoms with Crippen LogP contribution in [0.2, 0.25) is 0 Å². The second-order valence-corrected chi connectivity index (χ2v) is 9.17. The van der Waals surface area contributed by atoms with Crippen LogP contribution in [0.5, 0.6) is 5.75 Å². The lowest BCUT2D eigenvalue weighted by molar-refractivity contribution is -0.118. The van der Waals surface area contributed by atoms with Gasteiger partial charge in [0.25, 0.3) is 5.91 Å². The number of benzene rings is 2. The molecule has 0 unspecified atom stereocenters. The first-order valence-electron chi connectivity index (χ1n) is 11.9. The first-order valence-corrected chi connectivity index (χ1v) is 11.9. The fourth-order valence-corrected chi connectivity index (χ4v) is 5.08. The third-order valence-electron chi connectivity index (χ3n) is 6.69. The van der Waals surface area contributed by atoms with Gasteiger partial charge in [-0.3, -0.25) is 14.4 Å². The number of Topliss-reactive ketones (excluding diaryl/α,β-unsaturated/α-hetero) is 2. The molecule has 2 aromatic carbocycles. The van der Waals surface area contributed by atoms with E-state index >= 15 is 0 Å². The lowest BCUT2D eigenvalue weighted by Gasteiger charge is -2.37. The number of carbonyl (C=O) groups is 3. The van der Waals surface area contributed by atoms with E-state index in [9.17, 15) is 14.4 Å². The molecule has 34 heavy (non-hydrogen) atoms. The van der Waals surface area contributed by atoms with E-state index in [-0.39, 0.29) is 30.0 Å². The zero-order valence-electron chi connectivity index (χ0n) is 19.3. The number of ketones is 2. The highest BCUT2D eigenvalue weighted by atomic mass is 16.5. The van der Waals surface area contributed by atoms with E-state index in [0.29, 0.717) is 24.3 Å². The molecule has 0 spiro atoms. The number of rotatable bonds is 5. The van der Waals surface area contributed by atoms with Gasteiger partial charge in [-0.25, -0.2) is 0 Å². The average Bonchev–Trinajstić information content (AvgIpc) is 2.83. The first kappa shape index (κ1) is 22.1. The Morgan fingerprint density at radius 2 is 1.59 bits per heavy atom. The minimum absolute atomic E-state index is 0.104. The highest BCUT2D eigenvalue weighted by Gasteiger charge is 2.40. The van der Waals surface area contributed by atoms with E-state index in [1.165, 1.54) is 0 Å². The molecule has 0 fully saturated rings. The SMILES string of the molecule is Cc1ccc(NC(=O)COc2cccc(C3C4=C(CCCC4=O)NC4=C3C(=O)CCC4)c2)cc1. The van der Waals surface area contributed by atoms with Crippen LogP contribution in [0.4, 0.5) is 5.69 Å². The van der Waals surface area contributed by atoms with Gasteiger partial charge in [-0.1, -0.05) is 29.8 Å². The van der Waals surface area contributed by atoms with Crippen LogP contribution in [0.25, 0.3) is 0 Å². The highest BCUT2D eigenvalue weighted by molar-refractivity contribution is 6.06. The van der Waals surface area contributed by atoms with Crippen molar-refractivity contribution < 1.29 is 19.1 Å². The van der Waals surface area contributed by atoms with Gasteiger partial charge in [0.1, 0.15) is 5.75 Å². The summed E-state index contributed by atoms with van der Waals surface area (Å²) in [5.74, 6) is 0.110. The summed E-state index contributed by atoms with van der Waals surface area (Å²) in [6, 6.07) is 15.0. The molecule has 0 radical (unpaired) electrons. The molecule has 0 bridgehead atoms. The number of hydrogen-bond donors (Lipinski definition) is 2. The van der Waals surface area contributed by atoms with Gasteiger partial charge in [-0.2, -0.15) is 0 Å². The Bertz CT molecular complexity index is 1180. The molecule has 3 aliphatic rings. The third-order valence-corrected chi connectivity index (χ3v) is 6.69. The summed E-state index contributed by atoms with van der Waals surface area (Å²) >= 11 is 0. The Balaban J connectivity index is 1.39. The first-order chi connectivity index (χ1) is 16.5. The number of dihydropyridines is 1. The molecule has 2 aromatic rings. The Labute approximate surface area is 199 Å². The van der Waals surface area contributed by atoms with Gasteiger partial charge in [0.2, 0.25) is 0 Å². The Morgan fingerprint density at radius 1 is 0.941 bits per heavy atom. The molecule has 5 rings (SSSR count). The summed E-state index contributed by atoms with van der Waals surface area (Å²) in [5, 5.41) is 6.26. The fourth-order valence-electron chi connectivity index (χ4n) is 5.08. The molecule has 0 atom stereocenters. The van der Waals surface area contributed by atoms with Crippen LogP contribution in [0.15, 0.2) is 71.1 Å². The molecule has 1 aliphatic heterocycles. The molecule has 1 amide bonds. The molecule has 6 heteroatoms. The van der Waals surface area contributed by atoms with Crippen molar-refractivity contribution in [2.75, 3.05) is 11.9 Å². The number of hydrogen-bond acceptors (Lipinski definition) is 5. The van der Waals surface area contributed by atoms with Crippen LogP contribution in [-0.2, 0) is 14.4 Å². The molecule has 174 valence electrons.